The van der Waals surface area contributed by atoms with Crippen molar-refractivity contribution in [3.05, 3.63) is 33.5 Å². The number of anilines is 1. The molecular formula is C11H12IN3. The summed E-state index contributed by atoms with van der Waals surface area (Å²) in [6, 6.07) is 8.09. The Balaban J connectivity index is 2.80. The molecule has 0 saturated heterocycles. The summed E-state index contributed by atoms with van der Waals surface area (Å²) in [5.74, 6) is 5.51. The summed E-state index contributed by atoms with van der Waals surface area (Å²) in [6.45, 7) is 2.09. The highest BCUT2D eigenvalue weighted by atomic mass is 127. The molecular weight excluding hydrogens is 301 g/mol. The van der Waals surface area contributed by atoms with E-state index in [0.29, 0.717) is 0 Å². The molecule has 0 saturated carbocycles. The van der Waals surface area contributed by atoms with Crippen LogP contribution in [0.5, 0.6) is 0 Å². The zero-order chi connectivity index (χ0) is 10.8. The van der Waals surface area contributed by atoms with E-state index < -0.39 is 0 Å². The summed E-state index contributed by atoms with van der Waals surface area (Å²) in [4.78, 5) is 4.60. The van der Waals surface area contributed by atoms with Crippen LogP contribution in [-0.2, 0) is 6.42 Å². The smallest absolute Gasteiger partial charge is 0.0859 e. The number of hydrogen-bond acceptors (Lipinski definition) is 3. The van der Waals surface area contributed by atoms with Crippen LogP contribution in [-0.4, -0.2) is 4.98 Å². The van der Waals surface area contributed by atoms with E-state index in [1.807, 2.05) is 18.2 Å². The van der Waals surface area contributed by atoms with Gasteiger partial charge in [-0.05, 0) is 41.1 Å². The van der Waals surface area contributed by atoms with Crippen LogP contribution in [0.15, 0.2) is 24.3 Å². The second-order valence-electron chi connectivity index (χ2n) is 3.30. The zero-order valence-corrected chi connectivity index (χ0v) is 10.6. The number of hydrazine groups is 1. The van der Waals surface area contributed by atoms with Crippen molar-refractivity contribution < 1.29 is 0 Å². The first-order valence-electron chi connectivity index (χ1n) is 4.81. The van der Waals surface area contributed by atoms with Crippen LogP contribution < -0.4 is 11.3 Å². The largest absolute Gasteiger partial charge is 0.323 e. The highest BCUT2D eigenvalue weighted by molar-refractivity contribution is 14.1. The third-order valence-corrected chi connectivity index (χ3v) is 3.23. The van der Waals surface area contributed by atoms with Crippen LogP contribution in [0.1, 0.15) is 12.6 Å². The number of benzene rings is 1. The minimum absolute atomic E-state index is 0.912. The first-order valence-corrected chi connectivity index (χ1v) is 5.89. The van der Waals surface area contributed by atoms with Crippen LogP contribution >= 0.6 is 22.6 Å². The highest BCUT2D eigenvalue weighted by Crippen LogP contribution is 2.26. The second-order valence-corrected chi connectivity index (χ2v) is 4.46. The molecule has 15 heavy (non-hydrogen) atoms. The maximum atomic E-state index is 5.51. The predicted molar refractivity (Wildman–Crippen MR) is 71.6 cm³/mol. The van der Waals surface area contributed by atoms with Gasteiger partial charge < -0.3 is 5.43 Å². The van der Waals surface area contributed by atoms with Crippen molar-refractivity contribution in [1.82, 2.24) is 4.98 Å². The van der Waals surface area contributed by atoms with Gasteiger partial charge in [-0.25, -0.2) is 0 Å². The summed E-state index contributed by atoms with van der Waals surface area (Å²) in [5.41, 5.74) is 5.74. The van der Waals surface area contributed by atoms with Crippen molar-refractivity contribution >= 4 is 39.2 Å². The monoisotopic (exact) mass is 313 g/mol. The standard InChI is InChI=1S/C11H12IN3/c1-2-7-6-10(15-13)8-4-3-5-9(12)11(8)14-7/h3-6H,2,13H2,1H3,(H,14,15). The topological polar surface area (TPSA) is 50.9 Å². The predicted octanol–water partition coefficient (Wildman–Crippen LogP) is 2.69. The molecule has 78 valence electrons. The molecule has 3 nitrogen and oxygen atoms in total. The maximum absolute atomic E-state index is 5.51. The first kappa shape index (κ1) is 10.6. The van der Waals surface area contributed by atoms with E-state index in [2.05, 4.69) is 46.0 Å². The van der Waals surface area contributed by atoms with E-state index in [9.17, 15) is 0 Å². The van der Waals surface area contributed by atoms with Gasteiger partial charge >= 0.3 is 0 Å². The molecule has 3 N–H and O–H groups in total. The van der Waals surface area contributed by atoms with Crippen molar-refractivity contribution in [2.75, 3.05) is 5.43 Å². The molecule has 0 fully saturated rings. The molecule has 2 aromatic rings. The Morgan fingerprint density at radius 2 is 2.27 bits per heavy atom. The lowest BCUT2D eigenvalue weighted by molar-refractivity contribution is 1.05. The molecule has 1 heterocycles. The number of aromatic nitrogens is 1. The van der Waals surface area contributed by atoms with Crippen LogP contribution in [0, 0.1) is 3.57 Å². The molecule has 0 bridgehead atoms. The van der Waals surface area contributed by atoms with Crippen molar-refractivity contribution in [2.45, 2.75) is 13.3 Å². The second kappa shape index (κ2) is 4.32. The summed E-state index contributed by atoms with van der Waals surface area (Å²) >= 11 is 2.29. The third kappa shape index (κ3) is 1.91. The van der Waals surface area contributed by atoms with E-state index in [0.717, 1.165) is 32.3 Å². The molecule has 0 atom stereocenters. The van der Waals surface area contributed by atoms with E-state index in [-0.39, 0.29) is 0 Å². The summed E-state index contributed by atoms with van der Waals surface area (Å²) in [5, 5.41) is 1.07. The van der Waals surface area contributed by atoms with Crippen LogP contribution in [0.2, 0.25) is 0 Å². The number of para-hydroxylation sites is 1. The molecule has 1 aromatic carbocycles. The molecule has 0 aliphatic rings. The normalized spacial score (nSPS) is 10.6. The number of rotatable bonds is 2. The number of halogens is 1. The van der Waals surface area contributed by atoms with Crippen LogP contribution in [0.4, 0.5) is 5.69 Å². The molecule has 0 spiro atoms. The van der Waals surface area contributed by atoms with Gasteiger partial charge in [0.2, 0.25) is 0 Å². The number of nitrogen functional groups attached to an aromatic ring is 1. The SMILES string of the molecule is CCc1cc(NN)c2cccc(I)c2n1. The van der Waals surface area contributed by atoms with Gasteiger partial charge in [-0.3, -0.25) is 10.8 Å². The number of nitrogens with one attached hydrogen (secondary N) is 1. The number of aryl methyl sites for hydroxylation is 1. The van der Waals surface area contributed by atoms with Crippen molar-refractivity contribution in [3.63, 3.8) is 0 Å². The van der Waals surface area contributed by atoms with Gasteiger partial charge in [0.1, 0.15) is 0 Å². The molecule has 0 aliphatic heterocycles. The minimum Gasteiger partial charge on any atom is -0.323 e. The number of hydrogen-bond donors (Lipinski definition) is 2. The number of pyridine rings is 1. The quantitative estimate of drug-likeness (QED) is 0.509. The molecule has 0 amide bonds. The Kier molecular flexibility index (Phi) is 3.06. The highest BCUT2D eigenvalue weighted by Gasteiger charge is 2.06. The van der Waals surface area contributed by atoms with Gasteiger partial charge in [-0.2, -0.15) is 0 Å². The molecule has 2 rings (SSSR count). The van der Waals surface area contributed by atoms with Gasteiger partial charge in [0, 0.05) is 14.7 Å². The van der Waals surface area contributed by atoms with Crippen LogP contribution in [0.25, 0.3) is 10.9 Å². The van der Waals surface area contributed by atoms with Crippen molar-refractivity contribution in [1.29, 1.82) is 0 Å². The van der Waals surface area contributed by atoms with E-state index >= 15 is 0 Å². The average molecular weight is 313 g/mol. The van der Waals surface area contributed by atoms with Gasteiger partial charge in [0.25, 0.3) is 0 Å². The third-order valence-electron chi connectivity index (χ3n) is 2.36. The molecule has 1 aromatic heterocycles. The Morgan fingerprint density at radius 3 is 2.93 bits per heavy atom. The number of nitrogens with two attached hydrogens (primary N) is 1. The van der Waals surface area contributed by atoms with Crippen LogP contribution in [0.3, 0.4) is 0 Å². The fourth-order valence-electron chi connectivity index (χ4n) is 1.57. The Labute approximate surface area is 102 Å². The first-order chi connectivity index (χ1) is 7.26. The van der Waals surface area contributed by atoms with E-state index in [1.165, 1.54) is 0 Å². The van der Waals surface area contributed by atoms with E-state index in [1.54, 1.807) is 0 Å². The fourth-order valence-corrected chi connectivity index (χ4v) is 2.19. The van der Waals surface area contributed by atoms with Gasteiger partial charge in [0.15, 0.2) is 0 Å². The molecule has 0 unspecified atom stereocenters. The van der Waals surface area contributed by atoms with Gasteiger partial charge in [0.05, 0.1) is 11.2 Å². The summed E-state index contributed by atoms with van der Waals surface area (Å²) in [6.07, 6.45) is 0.912. The maximum Gasteiger partial charge on any atom is 0.0859 e. The zero-order valence-electron chi connectivity index (χ0n) is 8.42. The van der Waals surface area contributed by atoms with Crippen molar-refractivity contribution in [2.24, 2.45) is 5.84 Å². The van der Waals surface area contributed by atoms with Crippen molar-refractivity contribution in [3.8, 4) is 0 Å². The fraction of sp³-hybridized carbons (Fsp3) is 0.182. The lowest BCUT2D eigenvalue weighted by Crippen LogP contribution is -2.08. The summed E-state index contributed by atoms with van der Waals surface area (Å²) in [7, 11) is 0. The Morgan fingerprint density at radius 1 is 1.47 bits per heavy atom. The molecule has 0 aliphatic carbocycles. The summed E-state index contributed by atoms with van der Waals surface area (Å²) < 4.78 is 1.15. The Hall–Kier alpha value is -0.880. The van der Waals surface area contributed by atoms with Gasteiger partial charge in [-0.1, -0.05) is 19.1 Å². The lowest BCUT2D eigenvalue weighted by atomic mass is 10.1. The number of fused-ring (bicyclic) bond motifs is 1. The Bertz CT molecular complexity index is 496. The van der Waals surface area contributed by atoms with E-state index in [4.69, 9.17) is 5.84 Å². The number of nitrogens with zero attached hydrogens (tertiary/aromatic N) is 1. The molecule has 4 heteroatoms. The molecule has 0 radical (unpaired) electrons. The minimum atomic E-state index is 0.912. The average Bonchev–Trinajstić information content (AvgIpc) is 2.28. The lowest BCUT2D eigenvalue weighted by Gasteiger charge is -2.08. The van der Waals surface area contributed by atoms with Gasteiger partial charge in [-0.15, -0.1) is 0 Å².